The molecule has 1 N–H and O–H groups in total. The summed E-state index contributed by atoms with van der Waals surface area (Å²) >= 11 is 1.39. The molecule has 1 aromatic carbocycles. The molecule has 22 heavy (non-hydrogen) atoms. The van der Waals surface area contributed by atoms with Crippen LogP contribution in [0.2, 0.25) is 0 Å². The fourth-order valence-corrected chi connectivity index (χ4v) is 2.60. The van der Waals surface area contributed by atoms with Crippen LogP contribution in [0.3, 0.4) is 0 Å². The first-order chi connectivity index (χ1) is 10.6. The van der Waals surface area contributed by atoms with Gasteiger partial charge in [-0.1, -0.05) is 41.1 Å². The summed E-state index contributed by atoms with van der Waals surface area (Å²) in [6.45, 7) is 3.84. The topological polar surface area (TPSA) is 68.0 Å². The molecule has 1 amide bonds. The monoisotopic (exact) mass is 313 g/mol. The molecule has 112 valence electrons. The van der Waals surface area contributed by atoms with Gasteiger partial charge in [-0.05, 0) is 25.3 Å². The van der Waals surface area contributed by atoms with Gasteiger partial charge in [-0.3, -0.25) is 4.79 Å². The second kappa shape index (κ2) is 6.11. The Bertz CT molecular complexity index is 763. The van der Waals surface area contributed by atoms with Crippen molar-refractivity contribution in [2.45, 2.75) is 19.9 Å². The standard InChI is InChI=1S/C16H15N3O2S/c1-10-5-7-12(8-6-10)14-18-16(21-19-14)11(2)17-15(20)13-4-3-9-22-13/h3-9,11H,1-2H3,(H,17,20)/t11-/m0/s1. The third-order valence-corrected chi connectivity index (χ3v) is 4.08. The molecule has 0 unspecified atom stereocenters. The van der Waals surface area contributed by atoms with Crippen LogP contribution >= 0.6 is 11.3 Å². The molecule has 0 aliphatic heterocycles. The lowest BCUT2D eigenvalue weighted by molar-refractivity contribution is 0.0936. The van der Waals surface area contributed by atoms with Crippen LogP contribution in [-0.2, 0) is 0 Å². The van der Waals surface area contributed by atoms with Crippen LogP contribution in [0, 0.1) is 6.92 Å². The quantitative estimate of drug-likeness (QED) is 0.799. The van der Waals surface area contributed by atoms with Gasteiger partial charge in [-0.2, -0.15) is 4.98 Å². The van der Waals surface area contributed by atoms with Crippen LogP contribution < -0.4 is 5.32 Å². The predicted octanol–water partition coefficient (Wildman–Crippen LogP) is 3.60. The van der Waals surface area contributed by atoms with Crippen LogP contribution in [-0.4, -0.2) is 16.0 Å². The number of hydrogen-bond donors (Lipinski definition) is 1. The predicted molar refractivity (Wildman–Crippen MR) is 84.7 cm³/mol. The minimum absolute atomic E-state index is 0.141. The molecule has 1 atom stereocenters. The van der Waals surface area contributed by atoms with Gasteiger partial charge >= 0.3 is 0 Å². The first-order valence-corrected chi connectivity index (χ1v) is 7.76. The minimum atomic E-state index is -0.346. The highest BCUT2D eigenvalue weighted by Gasteiger charge is 2.18. The van der Waals surface area contributed by atoms with Crippen molar-refractivity contribution in [3.63, 3.8) is 0 Å². The van der Waals surface area contributed by atoms with E-state index in [1.807, 2.05) is 49.6 Å². The Morgan fingerprint density at radius 2 is 2.05 bits per heavy atom. The second-order valence-corrected chi connectivity index (χ2v) is 5.94. The Hall–Kier alpha value is -2.47. The summed E-state index contributed by atoms with van der Waals surface area (Å²) in [5.74, 6) is 0.769. The van der Waals surface area contributed by atoms with Crippen molar-refractivity contribution in [2.24, 2.45) is 0 Å². The first kappa shape index (κ1) is 14.5. The molecule has 0 fully saturated rings. The second-order valence-electron chi connectivity index (χ2n) is 4.99. The van der Waals surface area contributed by atoms with Crippen molar-refractivity contribution in [3.05, 3.63) is 58.1 Å². The fraction of sp³-hybridized carbons (Fsp3) is 0.188. The van der Waals surface area contributed by atoms with E-state index in [2.05, 4.69) is 15.5 Å². The molecule has 2 heterocycles. The lowest BCUT2D eigenvalue weighted by Crippen LogP contribution is -2.26. The summed E-state index contributed by atoms with van der Waals surface area (Å²) in [4.78, 5) is 17.0. The average molecular weight is 313 g/mol. The molecule has 0 radical (unpaired) electrons. The van der Waals surface area contributed by atoms with Crippen molar-refractivity contribution < 1.29 is 9.32 Å². The van der Waals surface area contributed by atoms with Crippen LogP contribution in [0.1, 0.15) is 34.1 Å². The highest BCUT2D eigenvalue weighted by atomic mass is 32.1. The number of amides is 1. The Morgan fingerprint density at radius 1 is 1.27 bits per heavy atom. The number of benzene rings is 1. The number of nitrogens with one attached hydrogen (secondary N) is 1. The number of hydrogen-bond acceptors (Lipinski definition) is 5. The highest BCUT2D eigenvalue weighted by molar-refractivity contribution is 7.12. The van der Waals surface area contributed by atoms with E-state index < -0.39 is 0 Å². The molecule has 2 aromatic heterocycles. The SMILES string of the molecule is Cc1ccc(-c2noc([C@H](C)NC(=O)c3cccs3)n2)cc1. The van der Waals surface area contributed by atoms with Crippen LogP contribution in [0.25, 0.3) is 11.4 Å². The first-order valence-electron chi connectivity index (χ1n) is 6.88. The lowest BCUT2D eigenvalue weighted by Gasteiger charge is -2.07. The molecule has 0 saturated heterocycles. The summed E-state index contributed by atoms with van der Waals surface area (Å²) < 4.78 is 5.26. The minimum Gasteiger partial charge on any atom is -0.340 e. The summed E-state index contributed by atoms with van der Waals surface area (Å²) in [6.07, 6.45) is 0. The molecule has 0 aliphatic carbocycles. The van der Waals surface area contributed by atoms with Crippen molar-refractivity contribution in [1.29, 1.82) is 0 Å². The van der Waals surface area contributed by atoms with Crippen LogP contribution in [0.15, 0.2) is 46.3 Å². The lowest BCUT2D eigenvalue weighted by atomic mass is 10.1. The van der Waals surface area contributed by atoms with Gasteiger partial charge in [0.2, 0.25) is 11.7 Å². The van der Waals surface area contributed by atoms with E-state index in [1.165, 1.54) is 16.9 Å². The summed E-state index contributed by atoms with van der Waals surface area (Å²) in [7, 11) is 0. The average Bonchev–Trinajstić information content (AvgIpc) is 3.20. The Morgan fingerprint density at radius 3 is 2.73 bits per heavy atom. The number of aryl methyl sites for hydroxylation is 1. The number of thiophene rings is 1. The van der Waals surface area contributed by atoms with Crippen molar-refractivity contribution in [1.82, 2.24) is 15.5 Å². The molecule has 3 rings (SSSR count). The molecule has 5 nitrogen and oxygen atoms in total. The zero-order valence-electron chi connectivity index (χ0n) is 12.2. The zero-order valence-corrected chi connectivity index (χ0v) is 13.1. The van der Waals surface area contributed by atoms with Gasteiger partial charge in [-0.15, -0.1) is 11.3 Å². The normalized spacial score (nSPS) is 12.1. The number of nitrogens with zero attached hydrogens (tertiary/aromatic N) is 2. The van der Waals surface area contributed by atoms with Gasteiger partial charge in [-0.25, -0.2) is 0 Å². The highest BCUT2D eigenvalue weighted by Crippen LogP contribution is 2.19. The third kappa shape index (κ3) is 3.07. The molecule has 6 heteroatoms. The van der Waals surface area contributed by atoms with Crippen molar-refractivity contribution >= 4 is 17.2 Å². The largest absolute Gasteiger partial charge is 0.340 e. The number of rotatable bonds is 4. The van der Waals surface area contributed by atoms with Gasteiger partial charge in [0.25, 0.3) is 5.91 Å². The van der Waals surface area contributed by atoms with E-state index in [1.54, 1.807) is 6.07 Å². The molecule has 0 saturated carbocycles. The number of aromatic nitrogens is 2. The zero-order chi connectivity index (χ0) is 15.5. The summed E-state index contributed by atoms with van der Waals surface area (Å²) in [6, 6.07) is 11.1. The fourth-order valence-electron chi connectivity index (χ4n) is 1.97. The molecule has 0 spiro atoms. The van der Waals surface area contributed by atoms with Gasteiger partial charge < -0.3 is 9.84 Å². The summed E-state index contributed by atoms with van der Waals surface area (Å²) in [5, 5.41) is 8.68. The third-order valence-electron chi connectivity index (χ3n) is 3.21. The number of carbonyl (C=O) groups is 1. The summed E-state index contributed by atoms with van der Waals surface area (Å²) in [5.41, 5.74) is 2.06. The van der Waals surface area contributed by atoms with Crippen LogP contribution in [0.4, 0.5) is 0 Å². The van der Waals surface area contributed by atoms with E-state index >= 15 is 0 Å². The molecule has 3 aromatic rings. The Kier molecular flexibility index (Phi) is 4.02. The maximum Gasteiger partial charge on any atom is 0.261 e. The maximum absolute atomic E-state index is 12.0. The van der Waals surface area contributed by atoms with Gasteiger partial charge in [0.15, 0.2) is 0 Å². The van der Waals surface area contributed by atoms with Gasteiger partial charge in [0.05, 0.1) is 4.88 Å². The molecular weight excluding hydrogens is 298 g/mol. The Balaban J connectivity index is 1.73. The van der Waals surface area contributed by atoms with E-state index in [4.69, 9.17) is 4.52 Å². The van der Waals surface area contributed by atoms with E-state index in [0.29, 0.717) is 16.6 Å². The van der Waals surface area contributed by atoms with E-state index in [0.717, 1.165) is 5.56 Å². The Labute approximate surface area is 132 Å². The van der Waals surface area contributed by atoms with Gasteiger partial charge in [0, 0.05) is 5.56 Å². The smallest absolute Gasteiger partial charge is 0.261 e. The molecule has 0 aliphatic rings. The van der Waals surface area contributed by atoms with Crippen molar-refractivity contribution in [2.75, 3.05) is 0 Å². The van der Waals surface area contributed by atoms with E-state index in [9.17, 15) is 4.79 Å². The molecule has 0 bridgehead atoms. The van der Waals surface area contributed by atoms with Gasteiger partial charge in [0.1, 0.15) is 6.04 Å². The number of carbonyl (C=O) groups excluding carboxylic acids is 1. The van der Waals surface area contributed by atoms with Crippen LogP contribution in [0.5, 0.6) is 0 Å². The van der Waals surface area contributed by atoms with E-state index in [-0.39, 0.29) is 11.9 Å². The maximum atomic E-state index is 12.0. The van der Waals surface area contributed by atoms with Crippen molar-refractivity contribution in [3.8, 4) is 11.4 Å². The molecular formula is C16H15N3O2S.